The summed E-state index contributed by atoms with van der Waals surface area (Å²) >= 11 is 15.0. The van der Waals surface area contributed by atoms with Crippen LogP contribution in [0.5, 0.6) is 0 Å². The van der Waals surface area contributed by atoms with Gasteiger partial charge >= 0.3 is 0 Å². The second-order valence-electron chi connectivity index (χ2n) is 3.42. The van der Waals surface area contributed by atoms with Gasteiger partial charge in [0.05, 0.1) is 10.6 Å². The maximum atomic E-state index is 11.9. The molecule has 1 aromatic heterocycles. The van der Waals surface area contributed by atoms with Crippen molar-refractivity contribution in [1.82, 2.24) is 4.98 Å². The number of halogens is 3. The molecule has 0 saturated carbocycles. The van der Waals surface area contributed by atoms with E-state index in [2.05, 4.69) is 26.2 Å². The third-order valence-electron chi connectivity index (χ3n) is 2.18. The summed E-state index contributed by atoms with van der Waals surface area (Å²) in [6, 6.07) is 8.36. The van der Waals surface area contributed by atoms with Gasteiger partial charge in [0, 0.05) is 16.4 Å². The Bertz CT molecular complexity index is 604. The molecule has 1 heterocycles. The number of carbonyl (C=O) groups is 1. The highest BCUT2D eigenvalue weighted by Crippen LogP contribution is 2.26. The summed E-state index contributed by atoms with van der Waals surface area (Å²) in [5, 5.41) is 3.46. The molecule has 2 rings (SSSR count). The fourth-order valence-electron chi connectivity index (χ4n) is 1.33. The van der Waals surface area contributed by atoms with E-state index in [1.165, 1.54) is 6.20 Å². The number of nitrogens with one attached hydrogen (secondary N) is 1. The fourth-order valence-corrected chi connectivity index (χ4v) is 2.03. The Morgan fingerprint density at radius 3 is 2.72 bits per heavy atom. The Morgan fingerprint density at radius 1 is 1.28 bits per heavy atom. The van der Waals surface area contributed by atoms with Gasteiger partial charge in [-0.2, -0.15) is 0 Å². The maximum absolute atomic E-state index is 11.9. The topological polar surface area (TPSA) is 42.0 Å². The van der Waals surface area contributed by atoms with Crippen LogP contribution in [0.4, 0.5) is 5.69 Å². The van der Waals surface area contributed by atoms with E-state index in [4.69, 9.17) is 23.2 Å². The molecule has 1 N–H and O–H groups in total. The number of hydrogen-bond acceptors (Lipinski definition) is 2. The minimum Gasteiger partial charge on any atom is -0.322 e. The smallest absolute Gasteiger partial charge is 0.258 e. The minimum absolute atomic E-state index is 0.169. The van der Waals surface area contributed by atoms with Gasteiger partial charge in [-0.15, -0.1) is 0 Å². The number of benzene rings is 1. The molecule has 0 aliphatic rings. The first-order valence-electron chi connectivity index (χ1n) is 4.95. The second-order valence-corrected chi connectivity index (χ2v) is 5.04. The third kappa shape index (κ3) is 3.02. The van der Waals surface area contributed by atoms with E-state index in [0.717, 1.165) is 0 Å². The van der Waals surface area contributed by atoms with Gasteiger partial charge in [-0.05, 0) is 46.3 Å². The molecule has 0 aliphatic heterocycles. The van der Waals surface area contributed by atoms with Gasteiger partial charge in [-0.1, -0.05) is 23.2 Å². The van der Waals surface area contributed by atoms with Gasteiger partial charge in [0.15, 0.2) is 0 Å². The summed E-state index contributed by atoms with van der Waals surface area (Å²) in [5.74, 6) is -0.317. The number of pyridine rings is 1. The minimum atomic E-state index is -0.317. The molecule has 1 amide bonds. The molecule has 0 spiro atoms. The Balaban J connectivity index is 2.22. The van der Waals surface area contributed by atoms with Crippen molar-refractivity contribution in [1.29, 1.82) is 0 Å². The summed E-state index contributed by atoms with van der Waals surface area (Å²) in [6.07, 6.45) is 1.53. The first kappa shape index (κ1) is 13.3. The normalized spacial score (nSPS) is 10.2. The highest BCUT2D eigenvalue weighted by molar-refractivity contribution is 9.10. The zero-order chi connectivity index (χ0) is 13.1. The molecule has 6 heteroatoms. The zero-order valence-corrected chi connectivity index (χ0v) is 12.1. The summed E-state index contributed by atoms with van der Waals surface area (Å²) in [5.41, 5.74) is 0.946. The van der Waals surface area contributed by atoms with Crippen LogP contribution in [0.2, 0.25) is 10.2 Å². The van der Waals surface area contributed by atoms with Crippen molar-refractivity contribution in [3.05, 3.63) is 56.7 Å². The van der Waals surface area contributed by atoms with Gasteiger partial charge in [-0.25, -0.2) is 4.98 Å². The van der Waals surface area contributed by atoms with Crippen LogP contribution < -0.4 is 5.32 Å². The molecule has 0 radical (unpaired) electrons. The highest BCUT2D eigenvalue weighted by Gasteiger charge is 2.11. The monoisotopic (exact) mass is 344 g/mol. The molecule has 0 atom stereocenters. The number of rotatable bonds is 2. The predicted octanol–water partition coefficient (Wildman–Crippen LogP) is 4.40. The van der Waals surface area contributed by atoms with Gasteiger partial charge < -0.3 is 5.32 Å². The zero-order valence-electron chi connectivity index (χ0n) is 8.95. The van der Waals surface area contributed by atoms with Crippen LogP contribution >= 0.6 is 39.1 Å². The van der Waals surface area contributed by atoms with Crippen LogP contribution in [0.3, 0.4) is 0 Å². The quantitative estimate of drug-likeness (QED) is 0.819. The third-order valence-corrected chi connectivity index (χ3v) is 3.70. The molecule has 0 unspecified atom stereocenters. The lowest BCUT2D eigenvalue weighted by Gasteiger charge is -2.07. The molecular weight excluding hydrogens is 339 g/mol. The number of anilines is 1. The second kappa shape index (κ2) is 5.69. The van der Waals surface area contributed by atoms with Crippen LogP contribution in [0, 0.1) is 0 Å². The summed E-state index contributed by atoms with van der Waals surface area (Å²) in [4.78, 5) is 15.8. The van der Waals surface area contributed by atoms with E-state index in [9.17, 15) is 4.79 Å². The number of amides is 1. The van der Waals surface area contributed by atoms with Crippen molar-refractivity contribution in [2.75, 3.05) is 5.32 Å². The van der Waals surface area contributed by atoms with E-state index in [-0.39, 0.29) is 11.1 Å². The van der Waals surface area contributed by atoms with Gasteiger partial charge in [0.1, 0.15) is 5.15 Å². The van der Waals surface area contributed by atoms with Gasteiger partial charge in [-0.3, -0.25) is 4.79 Å². The van der Waals surface area contributed by atoms with Crippen molar-refractivity contribution in [3.8, 4) is 0 Å². The SMILES string of the molecule is O=C(Nc1ccc(Cl)c(Br)c1)c1cccnc1Cl. The number of nitrogens with zero attached hydrogens (tertiary/aromatic N) is 1. The van der Waals surface area contributed by atoms with Gasteiger partial charge in [0.25, 0.3) is 5.91 Å². The van der Waals surface area contributed by atoms with Crippen molar-refractivity contribution in [3.63, 3.8) is 0 Å². The van der Waals surface area contributed by atoms with E-state index >= 15 is 0 Å². The number of carbonyl (C=O) groups excluding carboxylic acids is 1. The first-order valence-corrected chi connectivity index (χ1v) is 6.50. The van der Waals surface area contributed by atoms with Crippen molar-refractivity contribution in [2.24, 2.45) is 0 Å². The van der Waals surface area contributed by atoms with Crippen LogP contribution in [0.25, 0.3) is 0 Å². The first-order chi connectivity index (χ1) is 8.58. The predicted molar refractivity (Wildman–Crippen MR) is 76.4 cm³/mol. The lowest BCUT2D eigenvalue weighted by atomic mass is 10.2. The average molecular weight is 346 g/mol. The number of aromatic nitrogens is 1. The van der Waals surface area contributed by atoms with Crippen LogP contribution in [0.1, 0.15) is 10.4 Å². The van der Waals surface area contributed by atoms with E-state index in [1.807, 2.05) is 0 Å². The highest BCUT2D eigenvalue weighted by atomic mass is 79.9. The molecule has 0 bridgehead atoms. The van der Waals surface area contributed by atoms with Crippen molar-refractivity contribution in [2.45, 2.75) is 0 Å². The largest absolute Gasteiger partial charge is 0.322 e. The van der Waals surface area contributed by atoms with E-state index < -0.39 is 0 Å². The molecule has 92 valence electrons. The molecule has 0 saturated heterocycles. The number of hydrogen-bond donors (Lipinski definition) is 1. The summed E-state index contributed by atoms with van der Waals surface area (Å²) < 4.78 is 0.708. The van der Waals surface area contributed by atoms with Crippen molar-refractivity contribution >= 4 is 50.7 Å². The Hall–Kier alpha value is -1.10. The molecule has 0 fully saturated rings. The lowest BCUT2D eigenvalue weighted by molar-refractivity contribution is 0.102. The van der Waals surface area contributed by atoms with E-state index in [0.29, 0.717) is 20.7 Å². The van der Waals surface area contributed by atoms with Gasteiger partial charge in [0.2, 0.25) is 0 Å². The van der Waals surface area contributed by atoms with Crippen LogP contribution in [-0.2, 0) is 0 Å². The van der Waals surface area contributed by atoms with Crippen LogP contribution in [0.15, 0.2) is 41.0 Å². The molecule has 1 aromatic carbocycles. The Kier molecular flexibility index (Phi) is 4.22. The molecular formula is C12H7BrCl2N2O. The van der Waals surface area contributed by atoms with Crippen molar-refractivity contribution < 1.29 is 4.79 Å². The Labute approximate surface area is 122 Å². The molecule has 18 heavy (non-hydrogen) atoms. The van der Waals surface area contributed by atoms with Crippen LogP contribution in [-0.4, -0.2) is 10.9 Å². The summed E-state index contributed by atoms with van der Waals surface area (Å²) in [6.45, 7) is 0. The Morgan fingerprint density at radius 2 is 2.06 bits per heavy atom. The molecule has 3 nitrogen and oxygen atoms in total. The molecule has 0 aliphatic carbocycles. The molecule has 2 aromatic rings. The summed E-state index contributed by atoms with van der Waals surface area (Å²) in [7, 11) is 0. The lowest BCUT2D eigenvalue weighted by Crippen LogP contribution is -2.12. The standard InChI is InChI=1S/C12H7BrCl2N2O/c13-9-6-7(3-4-10(9)14)17-12(18)8-2-1-5-16-11(8)15/h1-6H,(H,17,18). The maximum Gasteiger partial charge on any atom is 0.258 e. The van der Waals surface area contributed by atoms with E-state index in [1.54, 1.807) is 30.3 Å². The fraction of sp³-hybridized carbons (Fsp3) is 0. The average Bonchev–Trinajstić information content (AvgIpc) is 2.34.